The Balaban J connectivity index is 2.13. The highest BCUT2D eigenvalue weighted by atomic mass is 16.5. The molecule has 0 saturated heterocycles. The van der Waals surface area contributed by atoms with Gasteiger partial charge in [0, 0.05) is 6.04 Å². The van der Waals surface area contributed by atoms with Crippen molar-refractivity contribution in [2.75, 3.05) is 6.61 Å². The lowest BCUT2D eigenvalue weighted by Gasteiger charge is -2.14. The van der Waals surface area contributed by atoms with Crippen molar-refractivity contribution in [3.05, 3.63) is 59.7 Å². The maximum Gasteiger partial charge on any atom is 0.161 e. The topological polar surface area (TPSA) is 44.5 Å². The predicted octanol–water partition coefficient (Wildman–Crippen LogP) is 3.68. The third-order valence-electron chi connectivity index (χ3n) is 3.03. The van der Waals surface area contributed by atoms with Gasteiger partial charge in [-0.15, -0.1) is 0 Å². The number of hydrogen-bond donors (Lipinski definition) is 1. The first-order valence-electron chi connectivity index (χ1n) is 6.89. The van der Waals surface area contributed by atoms with Crippen molar-refractivity contribution in [1.29, 1.82) is 0 Å². The highest BCUT2D eigenvalue weighted by molar-refractivity contribution is 5.44. The lowest BCUT2D eigenvalue weighted by molar-refractivity contribution is 0.269. The number of nitrogens with two attached hydrogens (primary N) is 1. The highest BCUT2D eigenvalue weighted by Gasteiger charge is 2.09. The van der Waals surface area contributed by atoms with Gasteiger partial charge in [0.05, 0.1) is 6.61 Å². The van der Waals surface area contributed by atoms with Gasteiger partial charge in [-0.05, 0) is 37.1 Å². The lowest BCUT2D eigenvalue weighted by Crippen LogP contribution is -2.06. The Kier molecular flexibility index (Phi) is 5.02. The van der Waals surface area contributed by atoms with E-state index in [9.17, 15) is 0 Å². The average molecular weight is 271 g/mol. The predicted molar refractivity (Wildman–Crippen MR) is 81.0 cm³/mol. The van der Waals surface area contributed by atoms with Gasteiger partial charge in [0.25, 0.3) is 0 Å². The summed E-state index contributed by atoms with van der Waals surface area (Å²) in [6.45, 7) is 5.04. The molecule has 0 unspecified atom stereocenters. The van der Waals surface area contributed by atoms with Gasteiger partial charge in [-0.2, -0.15) is 0 Å². The maximum atomic E-state index is 5.90. The molecule has 0 heterocycles. The van der Waals surface area contributed by atoms with Crippen LogP contribution >= 0.6 is 0 Å². The van der Waals surface area contributed by atoms with E-state index in [0.29, 0.717) is 13.2 Å². The molecule has 0 aliphatic rings. The second kappa shape index (κ2) is 6.96. The number of ether oxygens (including phenoxy) is 2. The molecule has 0 fully saturated rings. The summed E-state index contributed by atoms with van der Waals surface area (Å²) in [6, 6.07) is 15.9. The summed E-state index contributed by atoms with van der Waals surface area (Å²) in [5.74, 6) is 1.50. The van der Waals surface area contributed by atoms with Crippen LogP contribution in [0.1, 0.15) is 31.0 Å². The molecule has 0 aromatic heterocycles. The van der Waals surface area contributed by atoms with Crippen molar-refractivity contribution in [2.45, 2.75) is 26.5 Å². The first-order valence-corrected chi connectivity index (χ1v) is 6.89. The van der Waals surface area contributed by atoms with Gasteiger partial charge in [0.15, 0.2) is 11.5 Å². The van der Waals surface area contributed by atoms with Crippen molar-refractivity contribution in [1.82, 2.24) is 0 Å². The molecule has 2 aromatic rings. The molecular weight excluding hydrogens is 250 g/mol. The molecule has 0 bridgehead atoms. The molecular formula is C17H21NO2. The molecule has 2 rings (SSSR count). The molecule has 106 valence electrons. The molecule has 0 aliphatic carbocycles. The Bertz CT molecular complexity index is 538. The van der Waals surface area contributed by atoms with E-state index in [1.54, 1.807) is 0 Å². The van der Waals surface area contributed by atoms with E-state index in [4.69, 9.17) is 15.2 Å². The van der Waals surface area contributed by atoms with E-state index in [1.165, 1.54) is 0 Å². The Labute approximate surface area is 120 Å². The largest absolute Gasteiger partial charge is 0.490 e. The van der Waals surface area contributed by atoms with Crippen LogP contribution in [0.4, 0.5) is 0 Å². The Morgan fingerprint density at radius 1 is 1.00 bits per heavy atom. The zero-order valence-electron chi connectivity index (χ0n) is 12.0. The van der Waals surface area contributed by atoms with Crippen LogP contribution < -0.4 is 15.2 Å². The van der Waals surface area contributed by atoms with Gasteiger partial charge < -0.3 is 15.2 Å². The molecule has 0 spiro atoms. The summed E-state index contributed by atoms with van der Waals surface area (Å²) in [7, 11) is 0. The van der Waals surface area contributed by atoms with Crippen LogP contribution in [-0.2, 0) is 6.61 Å². The fourth-order valence-electron chi connectivity index (χ4n) is 1.93. The summed E-state index contributed by atoms with van der Waals surface area (Å²) in [6.07, 6.45) is 0. The van der Waals surface area contributed by atoms with E-state index in [-0.39, 0.29) is 6.04 Å². The van der Waals surface area contributed by atoms with E-state index in [0.717, 1.165) is 22.6 Å². The molecule has 20 heavy (non-hydrogen) atoms. The Morgan fingerprint density at radius 3 is 2.40 bits per heavy atom. The fourth-order valence-corrected chi connectivity index (χ4v) is 1.93. The average Bonchev–Trinajstić information content (AvgIpc) is 2.47. The van der Waals surface area contributed by atoms with Gasteiger partial charge in [0.2, 0.25) is 0 Å². The fraction of sp³-hybridized carbons (Fsp3) is 0.294. The first-order chi connectivity index (χ1) is 9.70. The summed E-state index contributed by atoms with van der Waals surface area (Å²) < 4.78 is 11.5. The van der Waals surface area contributed by atoms with E-state index in [2.05, 4.69) is 0 Å². The third kappa shape index (κ3) is 3.75. The lowest BCUT2D eigenvalue weighted by atomic mass is 10.1. The minimum absolute atomic E-state index is 0.0163. The molecule has 0 radical (unpaired) electrons. The molecule has 3 heteroatoms. The first kappa shape index (κ1) is 14.4. The minimum atomic E-state index is -0.0163. The summed E-state index contributed by atoms with van der Waals surface area (Å²) >= 11 is 0. The van der Waals surface area contributed by atoms with Crippen molar-refractivity contribution < 1.29 is 9.47 Å². The number of hydrogen-bond acceptors (Lipinski definition) is 3. The Hall–Kier alpha value is -2.00. The SMILES string of the molecule is CCOc1cc([C@H](C)N)ccc1OCc1ccccc1. The molecule has 2 aromatic carbocycles. The molecule has 2 N–H and O–H groups in total. The van der Waals surface area contributed by atoms with Gasteiger partial charge in [-0.1, -0.05) is 36.4 Å². The van der Waals surface area contributed by atoms with E-state index >= 15 is 0 Å². The van der Waals surface area contributed by atoms with Crippen LogP contribution in [0.2, 0.25) is 0 Å². The minimum Gasteiger partial charge on any atom is -0.490 e. The second-order valence-electron chi connectivity index (χ2n) is 4.70. The molecule has 3 nitrogen and oxygen atoms in total. The number of rotatable bonds is 6. The smallest absolute Gasteiger partial charge is 0.161 e. The zero-order chi connectivity index (χ0) is 14.4. The van der Waals surface area contributed by atoms with Crippen LogP contribution in [-0.4, -0.2) is 6.61 Å². The van der Waals surface area contributed by atoms with E-state index in [1.807, 2.05) is 62.4 Å². The quantitative estimate of drug-likeness (QED) is 0.871. The normalized spacial score (nSPS) is 11.9. The van der Waals surface area contributed by atoms with Crippen molar-refractivity contribution in [3.63, 3.8) is 0 Å². The van der Waals surface area contributed by atoms with Gasteiger partial charge in [0.1, 0.15) is 6.61 Å². The summed E-state index contributed by atoms with van der Waals surface area (Å²) in [5.41, 5.74) is 8.07. The molecule has 0 amide bonds. The van der Waals surface area contributed by atoms with Gasteiger partial charge >= 0.3 is 0 Å². The van der Waals surface area contributed by atoms with Crippen LogP contribution in [0.5, 0.6) is 11.5 Å². The van der Waals surface area contributed by atoms with Crippen molar-refractivity contribution >= 4 is 0 Å². The summed E-state index contributed by atoms with van der Waals surface area (Å²) in [5, 5.41) is 0. The van der Waals surface area contributed by atoms with Crippen LogP contribution in [0, 0.1) is 0 Å². The third-order valence-corrected chi connectivity index (χ3v) is 3.03. The van der Waals surface area contributed by atoms with Crippen molar-refractivity contribution in [3.8, 4) is 11.5 Å². The Morgan fingerprint density at radius 2 is 1.75 bits per heavy atom. The van der Waals surface area contributed by atoms with Crippen LogP contribution in [0.15, 0.2) is 48.5 Å². The molecule has 1 atom stereocenters. The molecule has 0 saturated carbocycles. The van der Waals surface area contributed by atoms with Gasteiger partial charge in [-0.3, -0.25) is 0 Å². The van der Waals surface area contributed by atoms with Crippen LogP contribution in [0.25, 0.3) is 0 Å². The standard InChI is InChI=1S/C17H21NO2/c1-3-19-17-11-15(13(2)18)9-10-16(17)20-12-14-7-5-4-6-8-14/h4-11,13H,3,12,18H2,1-2H3/t13-/m0/s1. The van der Waals surface area contributed by atoms with E-state index < -0.39 is 0 Å². The van der Waals surface area contributed by atoms with Gasteiger partial charge in [-0.25, -0.2) is 0 Å². The second-order valence-corrected chi connectivity index (χ2v) is 4.70. The maximum absolute atomic E-state index is 5.90. The number of benzene rings is 2. The van der Waals surface area contributed by atoms with Crippen LogP contribution in [0.3, 0.4) is 0 Å². The zero-order valence-corrected chi connectivity index (χ0v) is 12.0. The highest BCUT2D eigenvalue weighted by Crippen LogP contribution is 2.30. The van der Waals surface area contributed by atoms with Crippen molar-refractivity contribution in [2.24, 2.45) is 5.73 Å². The molecule has 0 aliphatic heterocycles. The monoisotopic (exact) mass is 271 g/mol. The summed E-state index contributed by atoms with van der Waals surface area (Å²) in [4.78, 5) is 0.